The minimum atomic E-state index is -0.764. The molecule has 0 aliphatic carbocycles. The molecule has 38 heavy (non-hydrogen) atoms. The van der Waals surface area contributed by atoms with Gasteiger partial charge in [-0.15, -0.1) is 0 Å². The lowest BCUT2D eigenvalue weighted by Gasteiger charge is -2.26. The normalized spacial score (nSPS) is 15.6. The number of benzene rings is 2. The van der Waals surface area contributed by atoms with E-state index in [2.05, 4.69) is 27.8 Å². The van der Waals surface area contributed by atoms with E-state index >= 15 is 0 Å². The van der Waals surface area contributed by atoms with Crippen LogP contribution in [-0.4, -0.2) is 28.6 Å². The molecule has 2 unspecified atom stereocenters. The summed E-state index contributed by atoms with van der Waals surface area (Å²) in [5, 5.41) is 5.44. The number of amides is 2. The number of aromatic nitrogens is 1. The molecule has 0 fully saturated rings. The zero-order chi connectivity index (χ0) is 27.3. The summed E-state index contributed by atoms with van der Waals surface area (Å²) in [5.74, 6) is 1.42. The minimum absolute atomic E-state index is 0.0505. The van der Waals surface area contributed by atoms with E-state index in [1.54, 1.807) is 32.9 Å². The molecule has 2 atom stereocenters. The third kappa shape index (κ3) is 7.25. The molecule has 0 saturated carbocycles. The average Bonchev–Trinajstić information content (AvgIpc) is 2.87. The van der Waals surface area contributed by atoms with Crippen LogP contribution >= 0.6 is 0 Å². The second-order valence-electron chi connectivity index (χ2n) is 10.7. The van der Waals surface area contributed by atoms with Gasteiger partial charge in [-0.3, -0.25) is 4.79 Å². The van der Waals surface area contributed by atoms with Crippen LogP contribution in [0.2, 0.25) is 0 Å². The first kappa shape index (κ1) is 27.0. The molecule has 200 valence electrons. The van der Waals surface area contributed by atoms with Gasteiger partial charge in [-0.1, -0.05) is 44.2 Å². The van der Waals surface area contributed by atoms with Crippen molar-refractivity contribution in [2.24, 2.45) is 5.92 Å². The third-order valence-corrected chi connectivity index (χ3v) is 6.00. The van der Waals surface area contributed by atoms with Crippen LogP contribution in [0.25, 0.3) is 0 Å². The number of hydrogen-bond donors (Lipinski definition) is 2. The predicted molar refractivity (Wildman–Crippen MR) is 146 cm³/mol. The number of anilines is 1. The number of rotatable bonds is 7. The fraction of sp³-hybridized carbons (Fsp3) is 0.367. The third-order valence-electron chi connectivity index (χ3n) is 6.00. The van der Waals surface area contributed by atoms with Crippen LogP contribution in [-0.2, 0) is 16.0 Å². The first-order valence-corrected chi connectivity index (χ1v) is 12.9. The van der Waals surface area contributed by atoms with Gasteiger partial charge in [0.15, 0.2) is 0 Å². The van der Waals surface area contributed by atoms with Gasteiger partial charge in [0.2, 0.25) is 11.8 Å². The molecule has 1 aromatic heterocycles. The van der Waals surface area contributed by atoms with Crippen LogP contribution in [0.15, 0.2) is 66.9 Å². The molecule has 2 N–H and O–H groups in total. The van der Waals surface area contributed by atoms with E-state index in [4.69, 9.17) is 14.2 Å². The Labute approximate surface area is 223 Å². The Hall–Kier alpha value is -4.07. The van der Waals surface area contributed by atoms with Gasteiger partial charge in [-0.2, -0.15) is 0 Å². The van der Waals surface area contributed by atoms with Crippen molar-refractivity contribution < 1.29 is 23.8 Å². The van der Waals surface area contributed by atoms with Crippen molar-refractivity contribution in [1.82, 2.24) is 10.3 Å². The number of carbonyl (C=O) groups excluding carboxylic acids is 2. The molecule has 2 amide bonds. The number of alkyl carbamates (subject to hydrolysis) is 1. The monoisotopic (exact) mass is 517 g/mol. The zero-order valence-corrected chi connectivity index (χ0v) is 22.5. The first-order chi connectivity index (χ1) is 18.1. The number of ether oxygens (including phenoxy) is 3. The molecule has 3 aromatic rings. The smallest absolute Gasteiger partial charge is 0.408 e. The lowest BCUT2D eigenvalue weighted by molar-refractivity contribution is -0.119. The number of pyridine rings is 1. The van der Waals surface area contributed by atoms with Crippen LogP contribution < -0.4 is 20.1 Å². The molecular weight excluding hydrogens is 482 g/mol. The highest BCUT2D eigenvalue weighted by Gasteiger charge is 2.27. The highest BCUT2D eigenvalue weighted by Crippen LogP contribution is 2.37. The minimum Gasteiger partial charge on any atom is -0.485 e. The molecule has 0 spiro atoms. The standard InChI is InChI=1S/C30H35N3O5/c1-19(2)27(33-29(35)38-30(3,4)5)28(34)32-22-12-16-26(31-18-22)36-23-13-15-25-21(17-23)11-14-24(37-25)20-9-7-6-8-10-20/h6-10,12-13,15-19,24,27H,11,14H2,1-5H3,(H,32,34)(H,33,35). The molecule has 2 heterocycles. The van der Waals surface area contributed by atoms with E-state index in [-0.39, 0.29) is 17.9 Å². The average molecular weight is 518 g/mol. The summed E-state index contributed by atoms with van der Waals surface area (Å²) in [6.07, 6.45) is 2.71. The lowest BCUT2D eigenvalue weighted by atomic mass is 9.97. The Balaban J connectivity index is 1.35. The number of nitrogens with zero attached hydrogens (tertiary/aromatic N) is 1. The largest absolute Gasteiger partial charge is 0.485 e. The van der Waals surface area contributed by atoms with Crippen LogP contribution in [0.4, 0.5) is 10.5 Å². The summed E-state index contributed by atoms with van der Waals surface area (Å²) in [6, 6.07) is 18.6. The second-order valence-corrected chi connectivity index (χ2v) is 10.7. The number of fused-ring (bicyclic) bond motifs is 1. The number of nitrogens with one attached hydrogen (secondary N) is 2. The lowest BCUT2D eigenvalue weighted by Crippen LogP contribution is -2.48. The van der Waals surface area contributed by atoms with Gasteiger partial charge in [-0.25, -0.2) is 9.78 Å². The van der Waals surface area contributed by atoms with E-state index in [1.807, 2.05) is 50.2 Å². The van der Waals surface area contributed by atoms with E-state index in [1.165, 1.54) is 11.8 Å². The number of aryl methyl sites for hydroxylation is 1. The number of hydrogen-bond acceptors (Lipinski definition) is 6. The molecule has 4 rings (SSSR count). The molecule has 0 radical (unpaired) electrons. The van der Waals surface area contributed by atoms with E-state index < -0.39 is 17.7 Å². The van der Waals surface area contributed by atoms with Gasteiger partial charge in [0.1, 0.15) is 29.2 Å². The molecule has 1 aliphatic rings. The maximum Gasteiger partial charge on any atom is 0.408 e. The van der Waals surface area contributed by atoms with Crippen LogP contribution in [0.3, 0.4) is 0 Å². The van der Waals surface area contributed by atoms with E-state index in [0.29, 0.717) is 17.3 Å². The van der Waals surface area contributed by atoms with E-state index in [9.17, 15) is 9.59 Å². The number of carbonyl (C=O) groups is 2. The summed E-state index contributed by atoms with van der Waals surface area (Å²) >= 11 is 0. The van der Waals surface area contributed by atoms with Crippen molar-refractivity contribution in [3.63, 3.8) is 0 Å². The Morgan fingerprint density at radius 2 is 1.82 bits per heavy atom. The Morgan fingerprint density at radius 1 is 1.05 bits per heavy atom. The van der Waals surface area contributed by atoms with Crippen molar-refractivity contribution in [1.29, 1.82) is 0 Å². The molecule has 8 nitrogen and oxygen atoms in total. The van der Waals surface area contributed by atoms with Crippen LogP contribution in [0.5, 0.6) is 17.4 Å². The topological polar surface area (TPSA) is 98.8 Å². The maximum absolute atomic E-state index is 12.8. The second kappa shape index (κ2) is 11.5. The fourth-order valence-electron chi connectivity index (χ4n) is 4.16. The summed E-state index contributed by atoms with van der Waals surface area (Å²) in [5.41, 5.74) is 2.10. The van der Waals surface area contributed by atoms with Gasteiger partial charge >= 0.3 is 6.09 Å². The van der Waals surface area contributed by atoms with Gasteiger partial charge < -0.3 is 24.8 Å². The van der Waals surface area contributed by atoms with Crippen molar-refractivity contribution in [2.45, 2.75) is 65.2 Å². The van der Waals surface area contributed by atoms with Crippen LogP contribution in [0, 0.1) is 5.92 Å². The maximum atomic E-state index is 12.8. The molecule has 8 heteroatoms. The summed E-state index contributed by atoms with van der Waals surface area (Å²) in [4.78, 5) is 29.3. The zero-order valence-electron chi connectivity index (χ0n) is 22.5. The van der Waals surface area contributed by atoms with Gasteiger partial charge in [-0.05, 0) is 74.9 Å². The van der Waals surface area contributed by atoms with Gasteiger partial charge in [0.25, 0.3) is 0 Å². The quantitative estimate of drug-likeness (QED) is 0.375. The molecular formula is C30H35N3O5. The highest BCUT2D eigenvalue weighted by molar-refractivity contribution is 5.96. The summed E-state index contributed by atoms with van der Waals surface area (Å²) in [6.45, 7) is 9.01. The molecule has 2 aromatic carbocycles. The Bertz CT molecular complexity index is 1250. The van der Waals surface area contributed by atoms with Crippen molar-refractivity contribution in [3.05, 3.63) is 78.0 Å². The Kier molecular flexibility index (Phi) is 8.20. The molecule has 0 bridgehead atoms. The Morgan fingerprint density at radius 3 is 2.47 bits per heavy atom. The van der Waals surface area contributed by atoms with Gasteiger partial charge in [0.05, 0.1) is 11.9 Å². The summed E-state index contributed by atoms with van der Waals surface area (Å²) < 4.78 is 17.4. The SMILES string of the molecule is CC(C)C(NC(=O)OC(C)(C)C)C(=O)Nc1ccc(Oc2ccc3c(c2)CCC(c2ccccc2)O3)nc1. The van der Waals surface area contributed by atoms with E-state index in [0.717, 1.165) is 24.2 Å². The fourth-order valence-corrected chi connectivity index (χ4v) is 4.16. The highest BCUT2D eigenvalue weighted by atomic mass is 16.6. The van der Waals surface area contributed by atoms with Crippen molar-refractivity contribution in [3.8, 4) is 17.4 Å². The van der Waals surface area contributed by atoms with Crippen LogP contribution in [0.1, 0.15) is 58.3 Å². The predicted octanol–water partition coefficient (Wildman–Crippen LogP) is 6.43. The molecule has 1 aliphatic heterocycles. The first-order valence-electron chi connectivity index (χ1n) is 12.9. The molecule has 0 saturated heterocycles. The van der Waals surface area contributed by atoms with Crippen molar-refractivity contribution in [2.75, 3.05) is 5.32 Å². The summed E-state index contributed by atoms with van der Waals surface area (Å²) in [7, 11) is 0. The van der Waals surface area contributed by atoms with Crippen molar-refractivity contribution >= 4 is 17.7 Å². The van der Waals surface area contributed by atoms with Gasteiger partial charge in [0, 0.05) is 6.07 Å².